The van der Waals surface area contributed by atoms with Gasteiger partial charge in [0, 0.05) is 17.6 Å². The predicted molar refractivity (Wildman–Crippen MR) is 72.6 cm³/mol. The minimum atomic E-state index is -3.32. The molecule has 1 saturated heterocycles. The lowest BCUT2D eigenvalue weighted by atomic mass is 9.99. The monoisotopic (exact) mass is 338 g/mol. The number of thiophene rings is 1. The second kappa shape index (κ2) is 5.36. The lowest BCUT2D eigenvalue weighted by molar-refractivity contribution is 0.279. The molecule has 0 bridgehead atoms. The van der Waals surface area contributed by atoms with E-state index in [9.17, 15) is 8.42 Å². The maximum Gasteiger partial charge on any atom is 0.253 e. The number of nitrogens with zero attached hydrogens (tertiary/aromatic N) is 1. The molecule has 96 valence electrons. The maximum absolute atomic E-state index is 12.3. The second-order valence-corrected chi connectivity index (χ2v) is 8.04. The Labute approximate surface area is 114 Å². The van der Waals surface area contributed by atoms with Gasteiger partial charge >= 0.3 is 0 Å². The van der Waals surface area contributed by atoms with Crippen molar-refractivity contribution in [2.75, 3.05) is 19.6 Å². The summed E-state index contributed by atoms with van der Waals surface area (Å²) in [6, 6.07) is 1.77. The molecule has 0 spiro atoms. The highest BCUT2D eigenvalue weighted by Gasteiger charge is 2.30. The third-order valence-corrected chi connectivity index (χ3v) is 7.61. The van der Waals surface area contributed by atoms with Gasteiger partial charge in [0.15, 0.2) is 0 Å². The van der Waals surface area contributed by atoms with Crippen LogP contribution in [-0.4, -0.2) is 32.4 Å². The van der Waals surface area contributed by atoms with Crippen LogP contribution in [0.25, 0.3) is 0 Å². The van der Waals surface area contributed by atoms with Gasteiger partial charge in [0.25, 0.3) is 10.0 Å². The molecule has 0 amide bonds. The van der Waals surface area contributed by atoms with Crippen molar-refractivity contribution in [3.63, 3.8) is 0 Å². The number of piperidine rings is 1. The molecule has 7 heteroatoms. The van der Waals surface area contributed by atoms with Gasteiger partial charge in [0.05, 0.1) is 0 Å². The SMILES string of the molecule is NCC1CCN(S(=O)(=O)c2sccc2Br)CC1. The molecule has 1 aliphatic rings. The van der Waals surface area contributed by atoms with Gasteiger partial charge in [-0.1, -0.05) is 0 Å². The van der Waals surface area contributed by atoms with Crippen molar-refractivity contribution in [2.24, 2.45) is 11.7 Å². The summed E-state index contributed by atoms with van der Waals surface area (Å²) in [6.45, 7) is 1.81. The van der Waals surface area contributed by atoms with Crippen LogP contribution in [0, 0.1) is 5.92 Å². The number of hydrogen-bond acceptors (Lipinski definition) is 4. The van der Waals surface area contributed by atoms with E-state index < -0.39 is 10.0 Å². The average molecular weight is 339 g/mol. The van der Waals surface area contributed by atoms with E-state index in [4.69, 9.17) is 5.73 Å². The molecule has 1 fully saturated rings. The summed E-state index contributed by atoms with van der Waals surface area (Å²) in [6.07, 6.45) is 1.72. The normalized spacial score (nSPS) is 19.6. The zero-order valence-corrected chi connectivity index (χ0v) is 12.5. The molecule has 17 heavy (non-hydrogen) atoms. The Morgan fingerprint density at radius 1 is 1.47 bits per heavy atom. The first-order valence-electron chi connectivity index (χ1n) is 5.49. The van der Waals surface area contributed by atoms with Crippen molar-refractivity contribution in [1.82, 2.24) is 4.31 Å². The molecular weight excluding hydrogens is 324 g/mol. The molecule has 1 aromatic heterocycles. The summed E-state index contributed by atoms with van der Waals surface area (Å²) in [5, 5.41) is 1.78. The van der Waals surface area contributed by atoms with Crippen LogP contribution in [0.3, 0.4) is 0 Å². The maximum atomic E-state index is 12.3. The summed E-state index contributed by atoms with van der Waals surface area (Å²) >= 11 is 4.53. The van der Waals surface area contributed by atoms with E-state index >= 15 is 0 Å². The first-order chi connectivity index (χ1) is 8.05. The molecule has 1 aliphatic heterocycles. The van der Waals surface area contributed by atoms with Gasteiger partial charge in [-0.15, -0.1) is 11.3 Å². The number of hydrogen-bond donors (Lipinski definition) is 1. The van der Waals surface area contributed by atoms with Crippen molar-refractivity contribution in [3.8, 4) is 0 Å². The largest absolute Gasteiger partial charge is 0.330 e. The lowest BCUT2D eigenvalue weighted by Crippen LogP contribution is -2.39. The first-order valence-corrected chi connectivity index (χ1v) is 8.60. The van der Waals surface area contributed by atoms with Gasteiger partial charge in [-0.25, -0.2) is 8.42 Å². The minimum absolute atomic E-state index is 0.406. The van der Waals surface area contributed by atoms with Crippen molar-refractivity contribution in [1.29, 1.82) is 0 Å². The van der Waals surface area contributed by atoms with Gasteiger partial charge in [-0.05, 0) is 52.7 Å². The fourth-order valence-corrected chi connectivity index (χ4v) is 5.89. The summed E-state index contributed by atoms with van der Waals surface area (Å²) < 4.78 is 27.3. The van der Waals surface area contributed by atoms with Gasteiger partial charge in [0.1, 0.15) is 4.21 Å². The molecule has 0 atom stereocenters. The van der Waals surface area contributed by atoms with E-state index in [1.54, 1.807) is 15.8 Å². The van der Waals surface area contributed by atoms with Crippen molar-refractivity contribution in [3.05, 3.63) is 15.9 Å². The van der Waals surface area contributed by atoms with E-state index in [-0.39, 0.29) is 0 Å². The molecule has 0 aromatic carbocycles. The standard InChI is InChI=1S/C10H15BrN2O2S2/c11-9-3-6-16-10(9)17(14,15)13-4-1-8(7-12)2-5-13/h3,6,8H,1-2,4-5,7,12H2. The van der Waals surface area contributed by atoms with Crippen LogP contribution in [-0.2, 0) is 10.0 Å². The summed E-state index contributed by atoms with van der Waals surface area (Å²) in [4.78, 5) is 0. The number of rotatable bonds is 3. The Morgan fingerprint density at radius 3 is 2.59 bits per heavy atom. The van der Waals surface area contributed by atoms with E-state index in [1.165, 1.54) is 11.3 Å². The number of halogens is 1. The average Bonchev–Trinajstić information content (AvgIpc) is 2.76. The molecule has 0 saturated carbocycles. The highest BCUT2D eigenvalue weighted by atomic mass is 79.9. The van der Waals surface area contributed by atoms with E-state index in [1.807, 2.05) is 0 Å². The quantitative estimate of drug-likeness (QED) is 0.914. The third-order valence-electron chi connectivity index (χ3n) is 3.07. The van der Waals surface area contributed by atoms with Crippen LogP contribution in [0.2, 0.25) is 0 Å². The van der Waals surface area contributed by atoms with E-state index in [0.717, 1.165) is 12.8 Å². The van der Waals surface area contributed by atoms with Crippen LogP contribution in [0.15, 0.2) is 20.1 Å². The van der Waals surface area contributed by atoms with Gasteiger partial charge in [0.2, 0.25) is 0 Å². The predicted octanol–water partition coefficient (Wildman–Crippen LogP) is 1.87. The van der Waals surface area contributed by atoms with Crippen molar-refractivity contribution in [2.45, 2.75) is 17.1 Å². The van der Waals surface area contributed by atoms with Crippen LogP contribution < -0.4 is 5.73 Å². The number of sulfonamides is 1. The number of nitrogens with two attached hydrogens (primary N) is 1. The summed E-state index contributed by atoms with van der Waals surface area (Å²) in [5.41, 5.74) is 5.60. The highest BCUT2D eigenvalue weighted by molar-refractivity contribution is 9.10. The molecule has 2 N–H and O–H groups in total. The Bertz CT molecular complexity index is 478. The molecule has 2 heterocycles. The summed E-state index contributed by atoms with van der Waals surface area (Å²) in [7, 11) is -3.32. The molecule has 4 nitrogen and oxygen atoms in total. The molecule has 2 rings (SSSR count). The Morgan fingerprint density at radius 2 is 2.12 bits per heavy atom. The molecule has 1 aromatic rings. The van der Waals surface area contributed by atoms with Crippen LogP contribution in [0.1, 0.15) is 12.8 Å². The third kappa shape index (κ3) is 2.73. The zero-order chi connectivity index (χ0) is 12.5. The Hall–Kier alpha value is 0.0500. The molecule has 0 aliphatic carbocycles. The van der Waals surface area contributed by atoms with Gasteiger partial charge in [-0.3, -0.25) is 0 Å². The smallest absolute Gasteiger partial charge is 0.253 e. The topological polar surface area (TPSA) is 63.4 Å². The van der Waals surface area contributed by atoms with E-state index in [0.29, 0.717) is 34.2 Å². The van der Waals surface area contributed by atoms with Crippen LogP contribution in [0.4, 0.5) is 0 Å². The first kappa shape index (κ1) is 13.5. The van der Waals surface area contributed by atoms with Crippen molar-refractivity contribution < 1.29 is 8.42 Å². The Kier molecular flexibility index (Phi) is 4.25. The minimum Gasteiger partial charge on any atom is -0.330 e. The fourth-order valence-electron chi connectivity index (χ4n) is 1.97. The van der Waals surface area contributed by atoms with Crippen molar-refractivity contribution >= 4 is 37.3 Å². The van der Waals surface area contributed by atoms with Gasteiger partial charge < -0.3 is 5.73 Å². The van der Waals surface area contributed by atoms with Gasteiger partial charge in [-0.2, -0.15) is 4.31 Å². The second-order valence-electron chi connectivity index (χ2n) is 4.14. The zero-order valence-electron chi connectivity index (χ0n) is 9.30. The molecule has 0 unspecified atom stereocenters. The lowest BCUT2D eigenvalue weighted by Gasteiger charge is -2.30. The van der Waals surface area contributed by atoms with E-state index in [2.05, 4.69) is 15.9 Å². The van der Waals surface area contributed by atoms with Crippen LogP contribution >= 0.6 is 27.3 Å². The fraction of sp³-hybridized carbons (Fsp3) is 0.600. The molecular formula is C10H15BrN2O2S2. The Balaban J connectivity index is 2.16. The summed E-state index contributed by atoms with van der Waals surface area (Å²) in [5.74, 6) is 0.466. The van der Waals surface area contributed by atoms with Crippen LogP contribution in [0.5, 0.6) is 0 Å². The highest BCUT2D eigenvalue weighted by Crippen LogP contribution is 2.32. The molecule has 0 radical (unpaired) electrons.